The van der Waals surface area contributed by atoms with Crippen molar-refractivity contribution in [3.8, 4) is 5.75 Å². The fourth-order valence-corrected chi connectivity index (χ4v) is 4.89. The van der Waals surface area contributed by atoms with Crippen molar-refractivity contribution in [2.24, 2.45) is 4.40 Å². The molecule has 7 nitrogen and oxygen atoms in total. The summed E-state index contributed by atoms with van der Waals surface area (Å²) in [6.07, 6.45) is -0.739. The third-order valence-electron chi connectivity index (χ3n) is 5.00. The molecule has 1 aliphatic heterocycles. The Morgan fingerprint density at radius 1 is 1.00 bits per heavy atom. The van der Waals surface area contributed by atoms with Crippen molar-refractivity contribution in [2.75, 3.05) is 20.2 Å². The maximum Gasteiger partial charge on any atom is 0.340 e. The van der Waals surface area contributed by atoms with E-state index in [0.717, 1.165) is 0 Å². The molecule has 0 saturated carbocycles. The van der Waals surface area contributed by atoms with Gasteiger partial charge in [-0.15, -0.1) is 4.40 Å². The van der Waals surface area contributed by atoms with E-state index in [2.05, 4.69) is 4.40 Å². The third-order valence-corrected chi connectivity index (χ3v) is 6.65. The van der Waals surface area contributed by atoms with E-state index in [0.29, 0.717) is 11.3 Å². The second-order valence-corrected chi connectivity index (χ2v) is 9.38. The van der Waals surface area contributed by atoms with E-state index in [-0.39, 0.29) is 34.5 Å². The first kappa shape index (κ1) is 22.8. The lowest BCUT2D eigenvalue weighted by atomic mass is 10.2. The molecular formula is C24H21ClN2O5S. The van der Waals surface area contributed by atoms with Crippen LogP contribution in [0.5, 0.6) is 5.75 Å². The van der Waals surface area contributed by atoms with Gasteiger partial charge in [0.05, 0.1) is 17.1 Å². The van der Waals surface area contributed by atoms with Crippen LogP contribution in [0.4, 0.5) is 0 Å². The van der Waals surface area contributed by atoms with Crippen LogP contribution in [0.1, 0.15) is 15.9 Å². The minimum absolute atomic E-state index is 0.0478. The number of ether oxygens (including phenoxy) is 2. The quantitative estimate of drug-likeness (QED) is 0.471. The SMILES string of the molecule is CN(C[C@@H](COc1ccccc1)OC(=O)c1ccccc1Cl)C1=NS(=O)(=O)c2ccccc21. The molecule has 0 unspecified atom stereocenters. The molecule has 3 aromatic carbocycles. The molecule has 0 aliphatic carbocycles. The monoisotopic (exact) mass is 484 g/mol. The van der Waals surface area contributed by atoms with Crippen LogP contribution >= 0.6 is 11.6 Å². The fraction of sp³-hybridized carbons (Fsp3) is 0.167. The van der Waals surface area contributed by atoms with Crippen molar-refractivity contribution in [2.45, 2.75) is 11.0 Å². The number of amidine groups is 1. The number of fused-ring (bicyclic) bond motifs is 1. The van der Waals surface area contributed by atoms with Crippen molar-refractivity contribution in [1.82, 2.24) is 4.90 Å². The Morgan fingerprint density at radius 3 is 2.42 bits per heavy atom. The van der Waals surface area contributed by atoms with Gasteiger partial charge >= 0.3 is 5.97 Å². The lowest BCUT2D eigenvalue weighted by Crippen LogP contribution is -2.39. The van der Waals surface area contributed by atoms with Crippen LogP contribution in [0.25, 0.3) is 0 Å². The van der Waals surface area contributed by atoms with E-state index in [1.54, 1.807) is 66.5 Å². The molecule has 0 amide bonds. The smallest absolute Gasteiger partial charge is 0.340 e. The van der Waals surface area contributed by atoms with Crippen LogP contribution < -0.4 is 4.74 Å². The molecule has 4 rings (SSSR count). The first-order chi connectivity index (χ1) is 15.8. The number of esters is 1. The molecule has 1 atom stereocenters. The molecule has 0 N–H and O–H groups in total. The van der Waals surface area contributed by atoms with Crippen LogP contribution in [-0.4, -0.2) is 51.4 Å². The van der Waals surface area contributed by atoms with Crippen LogP contribution in [-0.2, 0) is 14.8 Å². The Hall–Kier alpha value is -3.36. The average Bonchev–Trinajstić information content (AvgIpc) is 3.09. The van der Waals surface area contributed by atoms with Crippen molar-refractivity contribution >= 4 is 33.4 Å². The zero-order chi connectivity index (χ0) is 23.4. The second kappa shape index (κ2) is 9.64. The number of nitrogens with zero attached hydrogens (tertiary/aromatic N) is 2. The Kier molecular flexibility index (Phi) is 6.67. The summed E-state index contributed by atoms with van der Waals surface area (Å²) in [5, 5.41) is 0.277. The van der Waals surface area contributed by atoms with Gasteiger partial charge in [-0.1, -0.05) is 54.1 Å². The molecule has 9 heteroatoms. The molecule has 0 aromatic heterocycles. The van der Waals surface area contributed by atoms with Gasteiger partial charge in [-0.25, -0.2) is 4.79 Å². The highest BCUT2D eigenvalue weighted by Gasteiger charge is 2.32. The number of sulfonamides is 1. The van der Waals surface area contributed by atoms with Crippen molar-refractivity contribution < 1.29 is 22.7 Å². The highest BCUT2D eigenvalue weighted by Crippen LogP contribution is 2.27. The Bertz CT molecular complexity index is 1290. The molecule has 0 fully saturated rings. The van der Waals surface area contributed by atoms with E-state index in [4.69, 9.17) is 21.1 Å². The molecular weight excluding hydrogens is 464 g/mol. The van der Waals surface area contributed by atoms with Gasteiger partial charge in [0.25, 0.3) is 10.0 Å². The molecule has 0 radical (unpaired) electrons. The van der Waals surface area contributed by atoms with E-state index in [1.165, 1.54) is 6.07 Å². The van der Waals surface area contributed by atoms with Crippen molar-refractivity contribution in [3.63, 3.8) is 0 Å². The van der Waals surface area contributed by atoms with Gasteiger partial charge in [0.2, 0.25) is 0 Å². The zero-order valence-corrected chi connectivity index (χ0v) is 19.3. The molecule has 1 aliphatic rings. The number of likely N-dealkylation sites (N-methyl/N-ethyl adjacent to an activating group) is 1. The normalized spacial score (nSPS) is 14.7. The number of para-hydroxylation sites is 1. The van der Waals surface area contributed by atoms with Gasteiger partial charge in [-0.2, -0.15) is 8.42 Å². The van der Waals surface area contributed by atoms with Crippen LogP contribution in [0.15, 0.2) is 88.2 Å². The maximum absolute atomic E-state index is 12.8. The number of rotatable bonds is 7. The summed E-state index contributed by atoms with van der Waals surface area (Å²) >= 11 is 6.14. The van der Waals surface area contributed by atoms with E-state index < -0.39 is 22.1 Å². The average molecular weight is 485 g/mol. The summed E-state index contributed by atoms with van der Waals surface area (Å²) in [4.78, 5) is 14.6. The third kappa shape index (κ3) is 5.18. The molecule has 0 bridgehead atoms. The summed E-state index contributed by atoms with van der Waals surface area (Å²) in [7, 11) is -2.08. The molecule has 0 spiro atoms. The predicted molar refractivity (Wildman–Crippen MR) is 125 cm³/mol. The molecule has 3 aromatic rings. The first-order valence-corrected chi connectivity index (χ1v) is 12.0. The van der Waals surface area contributed by atoms with Gasteiger partial charge < -0.3 is 14.4 Å². The van der Waals surface area contributed by atoms with Gasteiger partial charge in [-0.05, 0) is 36.4 Å². The number of carbonyl (C=O) groups excluding carboxylic acids is 1. The largest absolute Gasteiger partial charge is 0.490 e. The zero-order valence-electron chi connectivity index (χ0n) is 17.7. The summed E-state index contributed by atoms with van der Waals surface area (Å²) in [6.45, 7) is 0.192. The fourth-order valence-electron chi connectivity index (χ4n) is 3.43. The summed E-state index contributed by atoms with van der Waals surface area (Å²) in [5.74, 6) is 0.297. The Morgan fingerprint density at radius 2 is 1.67 bits per heavy atom. The van der Waals surface area contributed by atoms with Crippen LogP contribution in [0.3, 0.4) is 0 Å². The van der Waals surface area contributed by atoms with Crippen LogP contribution in [0.2, 0.25) is 5.02 Å². The van der Waals surface area contributed by atoms with E-state index in [1.807, 2.05) is 18.2 Å². The van der Waals surface area contributed by atoms with Crippen molar-refractivity contribution in [1.29, 1.82) is 0 Å². The summed E-state index contributed by atoms with van der Waals surface area (Å²) < 4.78 is 40.3. The first-order valence-electron chi connectivity index (χ1n) is 10.1. The lowest BCUT2D eigenvalue weighted by molar-refractivity contribution is 0.0130. The van der Waals surface area contributed by atoms with E-state index >= 15 is 0 Å². The number of hydrogen-bond acceptors (Lipinski definition) is 6. The standard InChI is InChI=1S/C24H21ClN2O5S/c1-27(23-20-12-6-8-14-22(20)33(29,30)26-23)15-18(16-31-17-9-3-2-4-10-17)32-24(28)19-11-5-7-13-21(19)25/h2-14,18H,15-16H2,1H3/t18-/m0/s1. The lowest BCUT2D eigenvalue weighted by Gasteiger charge is -2.26. The minimum Gasteiger partial charge on any atom is -0.490 e. The molecule has 0 saturated heterocycles. The summed E-state index contributed by atoms with van der Waals surface area (Å²) in [5.41, 5.74) is 0.734. The van der Waals surface area contributed by atoms with Crippen LogP contribution in [0, 0.1) is 0 Å². The predicted octanol–water partition coefficient (Wildman–Crippen LogP) is 4.03. The number of benzene rings is 3. The summed E-state index contributed by atoms with van der Waals surface area (Å²) in [6, 6.07) is 22.3. The van der Waals surface area contributed by atoms with Gasteiger partial charge in [0, 0.05) is 12.6 Å². The Balaban J connectivity index is 1.55. The van der Waals surface area contributed by atoms with E-state index in [9.17, 15) is 13.2 Å². The van der Waals surface area contributed by atoms with Gasteiger partial charge in [0.15, 0.2) is 11.9 Å². The number of halogens is 1. The number of carbonyl (C=O) groups is 1. The maximum atomic E-state index is 12.8. The molecule has 33 heavy (non-hydrogen) atoms. The van der Waals surface area contributed by atoms with Gasteiger partial charge in [-0.3, -0.25) is 0 Å². The highest BCUT2D eigenvalue weighted by molar-refractivity contribution is 7.90. The minimum atomic E-state index is -3.77. The van der Waals surface area contributed by atoms with Gasteiger partial charge in [0.1, 0.15) is 17.3 Å². The Labute approximate surface area is 197 Å². The highest BCUT2D eigenvalue weighted by atomic mass is 35.5. The topological polar surface area (TPSA) is 85.3 Å². The number of hydrogen-bond donors (Lipinski definition) is 0. The molecule has 170 valence electrons. The molecule has 1 heterocycles. The van der Waals surface area contributed by atoms with Crippen molar-refractivity contribution in [3.05, 3.63) is 95.0 Å². The second-order valence-electron chi connectivity index (χ2n) is 7.40.